The second kappa shape index (κ2) is 49.9. The highest BCUT2D eigenvalue weighted by molar-refractivity contribution is 5.35. The molecule has 4 N–H and O–H groups in total. The van der Waals surface area contributed by atoms with Crippen molar-refractivity contribution < 1.29 is 95.0 Å². The third-order valence-electron chi connectivity index (χ3n) is 0.384. The topological polar surface area (TPSA) is 251 Å². The lowest BCUT2D eigenvalue weighted by atomic mass is 11.7. The van der Waals surface area contributed by atoms with Gasteiger partial charge in [0.1, 0.15) is 0 Å². The Bertz CT molecular complexity index is 218. The maximum Gasteiger partial charge on any atom is 0.334 e. The third-order valence-corrected chi connectivity index (χ3v) is 0.384. The summed E-state index contributed by atoms with van der Waals surface area (Å²) in [4.78, 5) is 45.6. The second-order valence-electron chi connectivity index (χ2n) is 1.25. The zero-order chi connectivity index (χ0) is 18.6. The minimum absolute atomic E-state index is 0. The fourth-order valence-corrected chi connectivity index (χ4v) is 0.118. The predicted molar refractivity (Wildman–Crippen MR) is 53.4 cm³/mol. The minimum atomic E-state index is -0.250. The van der Waals surface area contributed by atoms with Gasteiger partial charge in [0.15, 0.2) is 0 Å². The summed E-state index contributed by atoms with van der Waals surface area (Å²) in [5, 5.41) is 53.3. The van der Waals surface area contributed by atoms with Gasteiger partial charge in [0, 0.05) is 20.2 Å². The molecular formula is C5H12O19. The Balaban J connectivity index is -0.0000000694. The van der Waals surface area contributed by atoms with E-state index in [9.17, 15) is 4.79 Å². The van der Waals surface area contributed by atoms with Crippen LogP contribution in [-0.4, -0.2) is 46.8 Å². The molecule has 0 spiro atoms. The number of carbonyl (C=O) groups excluding carboxylic acids is 3. The van der Waals surface area contributed by atoms with Crippen LogP contribution in [0.5, 0.6) is 0 Å². The lowest BCUT2D eigenvalue weighted by molar-refractivity contribution is -0.744. The van der Waals surface area contributed by atoms with Gasteiger partial charge in [-0.2, -0.15) is 0 Å². The Morgan fingerprint density at radius 2 is 0.875 bits per heavy atom. The lowest BCUT2D eigenvalue weighted by Gasteiger charge is -1.89. The van der Waals surface area contributed by atoms with Crippen molar-refractivity contribution in [3.05, 3.63) is 0 Å². The van der Waals surface area contributed by atoms with Crippen molar-refractivity contribution in [2.45, 2.75) is 7.43 Å². The van der Waals surface area contributed by atoms with E-state index in [1.807, 2.05) is 0 Å². The van der Waals surface area contributed by atoms with Crippen LogP contribution >= 0.6 is 0 Å². The summed E-state index contributed by atoms with van der Waals surface area (Å²) in [6, 6.07) is 0. The molecule has 0 bridgehead atoms. The quantitative estimate of drug-likeness (QED) is 0.141. The van der Waals surface area contributed by atoms with Gasteiger partial charge in [-0.3, -0.25) is 33.8 Å². The van der Waals surface area contributed by atoms with Crippen LogP contribution in [0.25, 0.3) is 0 Å². The molecule has 0 aliphatic heterocycles. The summed E-state index contributed by atoms with van der Waals surface area (Å²) >= 11 is 0. The maximum absolute atomic E-state index is 9.18. The maximum atomic E-state index is 9.18. The molecule has 0 saturated carbocycles. The first kappa shape index (κ1) is 33.1. The summed E-state index contributed by atoms with van der Waals surface area (Å²) in [7, 11) is 0. The van der Waals surface area contributed by atoms with Crippen molar-refractivity contribution in [2.24, 2.45) is 0 Å². The van der Waals surface area contributed by atoms with Gasteiger partial charge >= 0.3 is 19.4 Å². The molecule has 0 amide bonds. The molecule has 0 aromatic rings. The summed E-state index contributed by atoms with van der Waals surface area (Å²) in [6.45, 7) is -0.417. The van der Waals surface area contributed by atoms with Gasteiger partial charge in [0.2, 0.25) is 0 Å². The molecule has 146 valence electrons. The van der Waals surface area contributed by atoms with Crippen LogP contribution in [0.2, 0.25) is 0 Å². The molecule has 0 aromatic carbocycles. The highest BCUT2D eigenvalue weighted by Crippen LogP contribution is 1.78. The first-order valence-electron chi connectivity index (χ1n) is 3.79. The Morgan fingerprint density at radius 3 is 1.12 bits per heavy atom. The van der Waals surface area contributed by atoms with E-state index in [0.29, 0.717) is 0 Å². The standard InChI is InChI=1S/CH2O7.CH2O6.CH2O4.CH2O2.CH4/c2-1-4-6-8-7-5-3;2-1-4-6-7-5-3;2-1-4-5-3;2-1-3;/h1,3H;1,3H;1,3H;1H,(H,2,3);1H4. The summed E-state index contributed by atoms with van der Waals surface area (Å²) in [6.07, 6.45) is 0. The number of rotatable bonds is 11. The number of carbonyl (C=O) groups is 4. The van der Waals surface area contributed by atoms with Gasteiger partial charge in [0.05, 0.1) is 0 Å². The zero-order valence-electron chi connectivity index (χ0n) is 10.2. The summed E-state index contributed by atoms with van der Waals surface area (Å²) in [5.41, 5.74) is 0. The third kappa shape index (κ3) is 92.8. The van der Waals surface area contributed by atoms with E-state index in [-0.39, 0.29) is 33.3 Å². The van der Waals surface area contributed by atoms with Crippen LogP contribution in [0.3, 0.4) is 0 Å². The van der Waals surface area contributed by atoms with Crippen molar-refractivity contribution >= 4 is 25.9 Å². The van der Waals surface area contributed by atoms with Crippen LogP contribution in [0.15, 0.2) is 0 Å². The SMILES string of the molecule is C.O=CO.O=COOO.O=COOOOO.O=COOOOOO. The molecule has 0 fully saturated rings. The van der Waals surface area contributed by atoms with Gasteiger partial charge in [-0.15, -0.1) is 0 Å². The molecule has 19 heteroatoms. The van der Waals surface area contributed by atoms with Gasteiger partial charge in [-0.25, -0.2) is 15.8 Å². The molecule has 0 rings (SSSR count). The highest BCUT2D eigenvalue weighted by Gasteiger charge is 1.85. The highest BCUT2D eigenvalue weighted by atomic mass is 17.8. The van der Waals surface area contributed by atoms with Crippen LogP contribution in [-0.2, 0) is 74.1 Å². The van der Waals surface area contributed by atoms with Gasteiger partial charge < -0.3 is 5.11 Å². The van der Waals surface area contributed by atoms with E-state index in [1.54, 1.807) is 0 Å². The van der Waals surface area contributed by atoms with E-state index in [4.69, 9.17) is 35.3 Å². The molecular weight excluding hydrogens is 364 g/mol. The monoisotopic (exact) mass is 376 g/mol. The molecule has 24 heavy (non-hydrogen) atoms. The van der Waals surface area contributed by atoms with Crippen molar-refractivity contribution in [3.8, 4) is 0 Å². The zero-order valence-corrected chi connectivity index (χ0v) is 10.2. The van der Waals surface area contributed by atoms with E-state index in [2.05, 4.69) is 55.0 Å². The lowest BCUT2D eigenvalue weighted by Crippen LogP contribution is -1.95. The van der Waals surface area contributed by atoms with Crippen LogP contribution in [0.4, 0.5) is 0 Å². The Hall–Kier alpha value is -2.56. The molecule has 0 atom stereocenters. The molecule has 0 aromatic heterocycles. The summed E-state index contributed by atoms with van der Waals surface area (Å²) in [5.74, 6) is 0. The van der Waals surface area contributed by atoms with E-state index in [0.717, 1.165) is 0 Å². The molecule has 0 heterocycles. The fourth-order valence-electron chi connectivity index (χ4n) is 0.118. The van der Waals surface area contributed by atoms with Crippen LogP contribution in [0, 0.1) is 0 Å². The predicted octanol–water partition coefficient (Wildman–Crippen LogP) is -1.31. The fraction of sp³-hybridized carbons (Fsp3) is 0.200. The smallest absolute Gasteiger partial charge is 0.334 e. The average molecular weight is 376 g/mol. The Morgan fingerprint density at radius 1 is 0.542 bits per heavy atom. The normalized spacial score (nSPS) is 7.12. The molecule has 0 aliphatic carbocycles. The van der Waals surface area contributed by atoms with Crippen molar-refractivity contribution in [2.75, 3.05) is 0 Å². The summed E-state index contributed by atoms with van der Waals surface area (Å²) < 4.78 is 0. The van der Waals surface area contributed by atoms with Crippen molar-refractivity contribution in [1.29, 1.82) is 0 Å². The molecule has 0 aliphatic rings. The van der Waals surface area contributed by atoms with Crippen LogP contribution in [0.1, 0.15) is 7.43 Å². The van der Waals surface area contributed by atoms with E-state index >= 15 is 0 Å². The van der Waals surface area contributed by atoms with E-state index < -0.39 is 0 Å². The average Bonchev–Trinajstić information content (AvgIpc) is 2.55. The molecule has 0 saturated heterocycles. The van der Waals surface area contributed by atoms with Gasteiger partial charge in [-0.05, 0) is 20.2 Å². The number of carboxylic acid groups (broad SMARTS) is 1. The van der Waals surface area contributed by atoms with Crippen LogP contribution < -0.4 is 0 Å². The minimum Gasteiger partial charge on any atom is -0.483 e. The first-order valence-corrected chi connectivity index (χ1v) is 3.79. The number of hydrogen-bond donors (Lipinski definition) is 4. The Labute approximate surface area is 130 Å². The van der Waals surface area contributed by atoms with Gasteiger partial charge in [-0.1, -0.05) is 7.43 Å². The van der Waals surface area contributed by atoms with E-state index in [1.165, 1.54) is 0 Å². The second-order valence-corrected chi connectivity index (χ2v) is 1.25. The van der Waals surface area contributed by atoms with Crippen molar-refractivity contribution in [1.82, 2.24) is 0 Å². The largest absolute Gasteiger partial charge is 0.483 e. The first-order chi connectivity index (χ1) is 11.2. The molecule has 0 radical (unpaired) electrons. The molecule has 0 unspecified atom stereocenters. The number of hydrogen-bond acceptors (Lipinski definition) is 18. The molecule has 19 nitrogen and oxygen atoms in total. The van der Waals surface area contributed by atoms with Crippen molar-refractivity contribution in [3.63, 3.8) is 0 Å². The Kier molecular flexibility index (Phi) is 68.9. The van der Waals surface area contributed by atoms with Gasteiger partial charge in [0.25, 0.3) is 6.47 Å².